The number of carbonyl (C=O) groups is 1. The molecule has 4 aromatic rings. The van der Waals surface area contributed by atoms with E-state index in [9.17, 15) is 4.79 Å². The largest absolute Gasteiger partial charge is 0.348 e. The number of benzene rings is 2. The number of aromatic nitrogens is 3. The second-order valence-electron chi connectivity index (χ2n) is 7.16. The van der Waals surface area contributed by atoms with Crippen LogP contribution in [0.5, 0.6) is 0 Å². The van der Waals surface area contributed by atoms with Crippen LogP contribution in [0.4, 0.5) is 0 Å². The number of rotatable bonds is 5. The van der Waals surface area contributed by atoms with Gasteiger partial charge in [0.05, 0.1) is 11.3 Å². The van der Waals surface area contributed by atoms with E-state index in [1.54, 1.807) is 18.6 Å². The second kappa shape index (κ2) is 8.66. The maximum Gasteiger partial charge on any atom is 0.255 e. The molecule has 1 amide bonds. The summed E-state index contributed by atoms with van der Waals surface area (Å²) in [5.41, 5.74) is 6.23. The summed E-state index contributed by atoms with van der Waals surface area (Å²) < 4.78 is 0. The third-order valence-corrected chi connectivity index (χ3v) is 5.04. The van der Waals surface area contributed by atoms with Gasteiger partial charge in [0, 0.05) is 36.3 Å². The lowest BCUT2D eigenvalue weighted by atomic mass is 10.1. The molecule has 30 heavy (non-hydrogen) atoms. The predicted molar refractivity (Wildman–Crippen MR) is 118 cm³/mol. The summed E-state index contributed by atoms with van der Waals surface area (Å²) in [6.07, 6.45) is 4.98. The SMILES string of the molecule is Cc1ccc(CNC(=O)c2cnc(-c3ccccc3)nc2-c2ccncc2)cc1C. The molecule has 148 valence electrons. The molecule has 5 heteroatoms. The third-order valence-electron chi connectivity index (χ3n) is 5.04. The summed E-state index contributed by atoms with van der Waals surface area (Å²) >= 11 is 0. The Morgan fingerprint density at radius 2 is 1.67 bits per heavy atom. The molecule has 0 saturated heterocycles. The van der Waals surface area contributed by atoms with Gasteiger partial charge < -0.3 is 5.32 Å². The predicted octanol–water partition coefficient (Wildman–Crippen LogP) is 4.75. The van der Waals surface area contributed by atoms with Crippen LogP contribution in [0.25, 0.3) is 22.6 Å². The third kappa shape index (κ3) is 4.25. The first kappa shape index (κ1) is 19.5. The lowest BCUT2D eigenvalue weighted by molar-refractivity contribution is 0.0951. The van der Waals surface area contributed by atoms with Gasteiger partial charge in [-0.3, -0.25) is 9.78 Å². The smallest absolute Gasteiger partial charge is 0.255 e. The van der Waals surface area contributed by atoms with Crippen molar-refractivity contribution in [3.8, 4) is 22.6 Å². The maximum absolute atomic E-state index is 13.0. The van der Waals surface area contributed by atoms with Gasteiger partial charge in [-0.25, -0.2) is 9.97 Å². The Balaban J connectivity index is 1.66. The number of pyridine rings is 1. The summed E-state index contributed by atoms with van der Waals surface area (Å²) in [6.45, 7) is 4.58. The monoisotopic (exact) mass is 394 g/mol. The Kier molecular flexibility index (Phi) is 5.61. The van der Waals surface area contributed by atoms with E-state index in [0.29, 0.717) is 23.6 Å². The van der Waals surface area contributed by atoms with Crippen molar-refractivity contribution in [2.45, 2.75) is 20.4 Å². The molecule has 0 aliphatic heterocycles. The topological polar surface area (TPSA) is 67.8 Å². The molecule has 0 atom stereocenters. The van der Waals surface area contributed by atoms with Crippen LogP contribution in [-0.4, -0.2) is 20.9 Å². The number of amides is 1. The minimum Gasteiger partial charge on any atom is -0.348 e. The minimum atomic E-state index is -0.209. The Labute approximate surface area is 175 Å². The molecular weight excluding hydrogens is 372 g/mol. The number of carbonyl (C=O) groups excluding carboxylic acids is 1. The average Bonchev–Trinajstić information content (AvgIpc) is 2.80. The van der Waals surface area contributed by atoms with Gasteiger partial charge in [-0.2, -0.15) is 0 Å². The number of aryl methyl sites for hydroxylation is 2. The summed E-state index contributed by atoms with van der Waals surface area (Å²) in [5, 5.41) is 3.00. The van der Waals surface area contributed by atoms with Gasteiger partial charge in [0.25, 0.3) is 5.91 Å². The highest BCUT2D eigenvalue weighted by Gasteiger charge is 2.17. The van der Waals surface area contributed by atoms with Crippen molar-refractivity contribution in [1.29, 1.82) is 0 Å². The first-order chi connectivity index (χ1) is 14.6. The van der Waals surface area contributed by atoms with Gasteiger partial charge in [-0.1, -0.05) is 48.5 Å². The first-order valence-electron chi connectivity index (χ1n) is 9.79. The quantitative estimate of drug-likeness (QED) is 0.530. The van der Waals surface area contributed by atoms with Crippen LogP contribution in [0.2, 0.25) is 0 Å². The number of hydrogen-bond acceptors (Lipinski definition) is 4. The zero-order valence-corrected chi connectivity index (χ0v) is 17.0. The van der Waals surface area contributed by atoms with E-state index < -0.39 is 0 Å². The zero-order valence-electron chi connectivity index (χ0n) is 17.0. The van der Waals surface area contributed by atoms with E-state index in [1.165, 1.54) is 11.1 Å². The van der Waals surface area contributed by atoms with Gasteiger partial charge >= 0.3 is 0 Å². The Hall–Kier alpha value is -3.86. The van der Waals surface area contributed by atoms with Gasteiger partial charge in [-0.15, -0.1) is 0 Å². The fourth-order valence-corrected chi connectivity index (χ4v) is 3.20. The van der Waals surface area contributed by atoms with Crippen molar-refractivity contribution in [1.82, 2.24) is 20.3 Å². The Bertz CT molecular complexity index is 1170. The van der Waals surface area contributed by atoms with Gasteiger partial charge in [-0.05, 0) is 42.7 Å². The summed E-state index contributed by atoms with van der Waals surface area (Å²) in [7, 11) is 0. The maximum atomic E-state index is 13.0. The summed E-state index contributed by atoms with van der Waals surface area (Å²) in [6, 6.07) is 19.6. The summed E-state index contributed by atoms with van der Waals surface area (Å²) in [5.74, 6) is 0.368. The molecule has 4 rings (SSSR count). The molecular formula is C25H22N4O. The highest BCUT2D eigenvalue weighted by molar-refractivity contribution is 5.99. The molecule has 0 radical (unpaired) electrons. The van der Waals surface area contributed by atoms with Gasteiger partial charge in [0.15, 0.2) is 5.82 Å². The van der Waals surface area contributed by atoms with E-state index in [4.69, 9.17) is 4.98 Å². The molecule has 2 aromatic heterocycles. The zero-order chi connectivity index (χ0) is 20.9. The first-order valence-corrected chi connectivity index (χ1v) is 9.79. The second-order valence-corrected chi connectivity index (χ2v) is 7.16. The Morgan fingerprint density at radius 1 is 0.900 bits per heavy atom. The van der Waals surface area contributed by atoms with Crippen LogP contribution in [-0.2, 0) is 6.54 Å². The van der Waals surface area contributed by atoms with Crippen LogP contribution in [0.15, 0.2) is 79.3 Å². The fraction of sp³-hybridized carbons (Fsp3) is 0.120. The van der Waals surface area contributed by atoms with Crippen molar-refractivity contribution >= 4 is 5.91 Å². The number of nitrogens with one attached hydrogen (secondary N) is 1. The highest BCUT2D eigenvalue weighted by Crippen LogP contribution is 2.24. The van der Waals surface area contributed by atoms with Crippen molar-refractivity contribution in [2.75, 3.05) is 0 Å². The molecule has 5 nitrogen and oxygen atoms in total. The van der Waals surface area contributed by atoms with Crippen LogP contribution < -0.4 is 5.32 Å². The van der Waals surface area contributed by atoms with Crippen molar-refractivity contribution in [3.05, 3.63) is 102 Å². The van der Waals surface area contributed by atoms with Gasteiger partial charge in [0.2, 0.25) is 0 Å². The van der Waals surface area contributed by atoms with E-state index in [1.807, 2.05) is 48.5 Å². The van der Waals surface area contributed by atoms with Crippen LogP contribution in [0.3, 0.4) is 0 Å². The molecule has 0 aliphatic carbocycles. The van der Waals surface area contributed by atoms with Crippen LogP contribution >= 0.6 is 0 Å². The Morgan fingerprint density at radius 3 is 2.40 bits per heavy atom. The fourth-order valence-electron chi connectivity index (χ4n) is 3.20. The van der Waals surface area contributed by atoms with Gasteiger partial charge in [0.1, 0.15) is 0 Å². The van der Waals surface area contributed by atoms with E-state index >= 15 is 0 Å². The standard InChI is InChI=1S/C25H22N4O/c1-17-8-9-19(14-18(17)2)15-28-25(30)22-16-27-24(21-6-4-3-5-7-21)29-23(22)20-10-12-26-13-11-20/h3-14,16H,15H2,1-2H3,(H,28,30). The molecule has 0 aliphatic rings. The molecule has 0 bridgehead atoms. The minimum absolute atomic E-state index is 0.209. The van der Waals surface area contributed by atoms with Crippen molar-refractivity contribution in [2.24, 2.45) is 0 Å². The molecule has 0 spiro atoms. The molecule has 0 unspecified atom stereocenters. The lowest BCUT2D eigenvalue weighted by Gasteiger charge is -2.12. The molecule has 2 aromatic carbocycles. The van der Waals surface area contributed by atoms with E-state index in [0.717, 1.165) is 16.7 Å². The number of nitrogens with zero attached hydrogens (tertiary/aromatic N) is 3. The molecule has 0 fully saturated rings. The van der Waals surface area contributed by atoms with Crippen molar-refractivity contribution < 1.29 is 4.79 Å². The van der Waals surface area contributed by atoms with Crippen LogP contribution in [0, 0.1) is 13.8 Å². The molecule has 0 saturated carbocycles. The van der Waals surface area contributed by atoms with E-state index in [2.05, 4.69) is 41.3 Å². The average molecular weight is 394 g/mol. The summed E-state index contributed by atoms with van der Waals surface area (Å²) in [4.78, 5) is 26.2. The van der Waals surface area contributed by atoms with Crippen molar-refractivity contribution in [3.63, 3.8) is 0 Å². The van der Waals surface area contributed by atoms with Crippen LogP contribution in [0.1, 0.15) is 27.0 Å². The molecule has 2 heterocycles. The normalized spacial score (nSPS) is 10.6. The van der Waals surface area contributed by atoms with E-state index in [-0.39, 0.29) is 5.91 Å². The molecule has 1 N–H and O–H groups in total. The lowest BCUT2D eigenvalue weighted by Crippen LogP contribution is -2.24. The highest BCUT2D eigenvalue weighted by atomic mass is 16.1. The number of hydrogen-bond donors (Lipinski definition) is 1.